The molecule has 1 aliphatic rings. The SMILES string of the molecule is Cc1cc(=O)oc2cc(OCCSCC[NH+]3CCCC3)ccc12. The van der Waals surface area contributed by atoms with E-state index in [2.05, 4.69) is 0 Å². The lowest BCUT2D eigenvalue weighted by Crippen LogP contribution is -3.10. The van der Waals surface area contributed by atoms with Gasteiger partial charge >= 0.3 is 5.63 Å². The van der Waals surface area contributed by atoms with Crippen LogP contribution in [0, 0.1) is 6.92 Å². The third-order valence-electron chi connectivity index (χ3n) is 4.33. The number of fused-ring (bicyclic) bond motifs is 1. The molecule has 4 nitrogen and oxygen atoms in total. The van der Waals surface area contributed by atoms with Gasteiger partial charge in [-0.1, -0.05) is 0 Å². The molecular weight excluding hydrogens is 310 g/mol. The highest BCUT2D eigenvalue weighted by Gasteiger charge is 2.14. The van der Waals surface area contributed by atoms with Gasteiger partial charge in [-0.25, -0.2) is 4.79 Å². The van der Waals surface area contributed by atoms with Crippen molar-refractivity contribution in [3.63, 3.8) is 0 Å². The molecule has 1 saturated heterocycles. The number of rotatable bonds is 7. The van der Waals surface area contributed by atoms with Crippen LogP contribution in [-0.4, -0.2) is 37.7 Å². The first-order valence-corrected chi connectivity index (χ1v) is 9.46. The first-order valence-electron chi connectivity index (χ1n) is 8.31. The molecule has 0 saturated carbocycles. The van der Waals surface area contributed by atoms with Crippen molar-refractivity contribution in [2.24, 2.45) is 0 Å². The molecule has 0 unspecified atom stereocenters. The third-order valence-corrected chi connectivity index (χ3v) is 5.28. The van der Waals surface area contributed by atoms with Crippen LogP contribution in [0.4, 0.5) is 0 Å². The number of benzene rings is 1. The van der Waals surface area contributed by atoms with Crippen molar-refractivity contribution in [2.75, 3.05) is 37.7 Å². The van der Waals surface area contributed by atoms with Crippen LogP contribution in [0.2, 0.25) is 0 Å². The van der Waals surface area contributed by atoms with Crippen LogP contribution in [-0.2, 0) is 0 Å². The number of ether oxygens (including phenoxy) is 1. The first-order chi connectivity index (χ1) is 11.2. The maximum Gasteiger partial charge on any atom is 0.336 e. The van der Waals surface area contributed by atoms with Crippen molar-refractivity contribution in [1.29, 1.82) is 0 Å². The Kier molecular flexibility index (Phi) is 5.62. The van der Waals surface area contributed by atoms with E-state index in [4.69, 9.17) is 9.15 Å². The number of quaternary nitrogens is 1. The van der Waals surface area contributed by atoms with E-state index >= 15 is 0 Å². The van der Waals surface area contributed by atoms with E-state index in [9.17, 15) is 4.79 Å². The number of likely N-dealkylation sites (tertiary alicyclic amines) is 1. The van der Waals surface area contributed by atoms with E-state index in [0.717, 1.165) is 22.5 Å². The van der Waals surface area contributed by atoms with E-state index in [1.807, 2.05) is 36.9 Å². The fourth-order valence-electron chi connectivity index (χ4n) is 3.06. The van der Waals surface area contributed by atoms with E-state index < -0.39 is 0 Å². The highest BCUT2D eigenvalue weighted by molar-refractivity contribution is 7.99. The topological polar surface area (TPSA) is 43.9 Å². The summed E-state index contributed by atoms with van der Waals surface area (Å²) in [4.78, 5) is 13.2. The standard InChI is InChI=1S/C18H23NO3S/c1-14-12-18(20)22-17-13-15(4-5-16(14)17)21-9-11-23-10-8-19-6-2-3-7-19/h4-5,12-13H,2-3,6-11H2,1H3/p+1. The van der Waals surface area contributed by atoms with Crippen LogP contribution in [0.5, 0.6) is 5.75 Å². The normalized spacial score (nSPS) is 15.3. The third kappa shape index (κ3) is 4.52. The summed E-state index contributed by atoms with van der Waals surface area (Å²) in [5.41, 5.74) is 1.22. The van der Waals surface area contributed by atoms with Gasteiger partial charge in [0, 0.05) is 41.9 Å². The van der Waals surface area contributed by atoms with Gasteiger partial charge in [-0.2, -0.15) is 11.8 Å². The van der Waals surface area contributed by atoms with Gasteiger partial charge in [0.05, 0.1) is 26.2 Å². The summed E-state index contributed by atoms with van der Waals surface area (Å²) in [5, 5.41) is 0.958. The van der Waals surface area contributed by atoms with E-state index in [-0.39, 0.29) is 5.63 Å². The molecule has 3 rings (SSSR count). The fraction of sp³-hybridized carbons (Fsp3) is 0.500. The van der Waals surface area contributed by atoms with Crippen LogP contribution in [0.3, 0.4) is 0 Å². The number of hydrogen-bond acceptors (Lipinski definition) is 4. The molecule has 0 amide bonds. The molecule has 0 aliphatic carbocycles. The Morgan fingerprint density at radius 3 is 2.87 bits per heavy atom. The second-order valence-corrected chi connectivity index (χ2v) is 7.30. The molecule has 0 atom stereocenters. The predicted octanol–water partition coefficient (Wildman–Crippen LogP) is 1.89. The van der Waals surface area contributed by atoms with Crippen molar-refractivity contribution < 1.29 is 14.1 Å². The lowest BCUT2D eigenvalue weighted by Gasteiger charge is -2.11. The number of nitrogens with one attached hydrogen (secondary N) is 1. The number of aryl methyl sites for hydroxylation is 1. The van der Waals surface area contributed by atoms with Crippen molar-refractivity contribution in [2.45, 2.75) is 19.8 Å². The minimum atomic E-state index is -0.313. The first kappa shape index (κ1) is 16.4. The highest BCUT2D eigenvalue weighted by Crippen LogP contribution is 2.22. The molecule has 1 fully saturated rings. The second-order valence-electron chi connectivity index (χ2n) is 6.07. The zero-order valence-corrected chi connectivity index (χ0v) is 14.4. The number of thioether (sulfide) groups is 1. The van der Waals surface area contributed by atoms with E-state index in [1.54, 1.807) is 4.90 Å². The molecule has 0 spiro atoms. The molecule has 2 heterocycles. The average molecular weight is 334 g/mol. The van der Waals surface area contributed by atoms with Crippen LogP contribution < -0.4 is 15.3 Å². The molecule has 1 aliphatic heterocycles. The largest absolute Gasteiger partial charge is 0.493 e. The summed E-state index contributed by atoms with van der Waals surface area (Å²) in [5.74, 6) is 2.95. The Hall–Kier alpha value is -1.46. The van der Waals surface area contributed by atoms with Crippen LogP contribution in [0.1, 0.15) is 18.4 Å². The molecule has 1 N–H and O–H groups in total. The van der Waals surface area contributed by atoms with Gasteiger partial charge in [0.15, 0.2) is 0 Å². The van der Waals surface area contributed by atoms with Gasteiger partial charge < -0.3 is 14.1 Å². The Bertz CT molecular complexity index is 707. The maximum atomic E-state index is 11.4. The molecular formula is C18H24NO3S+. The Morgan fingerprint density at radius 2 is 2.04 bits per heavy atom. The maximum absolute atomic E-state index is 11.4. The Morgan fingerprint density at radius 1 is 1.22 bits per heavy atom. The second kappa shape index (κ2) is 7.88. The van der Waals surface area contributed by atoms with Gasteiger partial charge in [0.25, 0.3) is 0 Å². The summed E-state index contributed by atoms with van der Waals surface area (Å²) in [6.45, 7) is 6.56. The quantitative estimate of drug-likeness (QED) is 0.620. The zero-order chi connectivity index (χ0) is 16.1. The van der Waals surface area contributed by atoms with Gasteiger partial charge in [-0.3, -0.25) is 0 Å². The van der Waals surface area contributed by atoms with Crippen molar-refractivity contribution in [1.82, 2.24) is 0 Å². The summed E-state index contributed by atoms with van der Waals surface area (Å²) >= 11 is 1.95. The molecule has 0 bridgehead atoms. The average Bonchev–Trinajstić information content (AvgIpc) is 3.03. The smallest absolute Gasteiger partial charge is 0.336 e. The molecule has 5 heteroatoms. The van der Waals surface area contributed by atoms with Crippen LogP contribution in [0.15, 0.2) is 33.5 Å². The van der Waals surface area contributed by atoms with Crippen molar-refractivity contribution in [3.05, 3.63) is 40.2 Å². The zero-order valence-electron chi connectivity index (χ0n) is 13.6. The number of hydrogen-bond donors (Lipinski definition) is 1. The molecule has 1 aromatic heterocycles. The lowest BCUT2D eigenvalue weighted by atomic mass is 10.1. The molecule has 124 valence electrons. The van der Waals surface area contributed by atoms with Gasteiger partial charge in [-0.05, 0) is 24.6 Å². The van der Waals surface area contributed by atoms with Crippen LogP contribution in [0.25, 0.3) is 11.0 Å². The fourth-order valence-corrected chi connectivity index (χ4v) is 3.90. The molecule has 0 radical (unpaired) electrons. The summed E-state index contributed by atoms with van der Waals surface area (Å²) in [7, 11) is 0. The van der Waals surface area contributed by atoms with Gasteiger partial charge in [0.1, 0.15) is 11.3 Å². The van der Waals surface area contributed by atoms with Crippen molar-refractivity contribution in [3.8, 4) is 5.75 Å². The minimum Gasteiger partial charge on any atom is -0.493 e. The Labute approximate surface area is 140 Å². The Balaban J connectivity index is 1.45. The highest BCUT2D eigenvalue weighted by atomic mass is 32.2. The lowest BCUT2D eigenvalue weighted by molar-refractivity contribution is -0.884. The molecule has 2 aromatic rings. The van der Waals surface area contributed by atoms with E-state index in [1.165, 1.54) is 44.3 Å². The predicted molar refractivity (Wildman–Crippen MR) is 94.8 cm³/mol. The van der Waals surface area contributed by atoms with Crippen molar-refractivity contribution >= 4 is 22.7 Å². The van der Waals surface area contributed by atoms with Crippen LogP contribution >= 0.6 is 11.8 Å². The van der Waals surface area contributed by atoms with Gasteiger partial charge in [0.2, 0.25) is 0 Å². The van der Waals surface area contributed by atoms with E-state index in [0.29, 0.717) is 12.2 Å². The molecule has 1 aromatic carbocycles. The monoisotopic (exact) mass is 334 g/mol. The molecule has 23 heavy (non-hydrogen) atoms. The summed E-state index contributed by atoms with van der Waals surface area (Å²) < 4.78 is 11.0. The summed E-state index contributed by atoms with van der Waals surface area (Å²) in [6, 6.07) is 7.21. The minimum absolute atomic E-state index is 0.313. The summed E-state index contributed by atoms with van der Waals surface area (Å²) in [6.07, 6.45) is 2.78. The van der Waals surface area contributed by atoms with Gasteiger partial charge in [-0.15, -0.1) is 0 Å².